The Balaban J connectivity index is 2.43. The molecule has 0 saturated heterocycles. The first-order chi connectivity index (χ1) is 5.81. The first-order valence-corrected chi connectivity index (χ1v) is 6.09. The van der Waals surface area contributed by atoms with E-state index in [-0.39, 0.29) is 0 Å². The Bertz CT molecular complexity index is 340. The highest BCUT2D eigenvalue weighted by atomic mass is 32.2. The van der Waals surface area contributed by atoms with Crippen molar-refractivity contribution in [2.75, 3.05) is 5.75 Å². The van der Waals surface area contributed by atoms with Crippen molar-refractivity contribution < 1.29 is 4.21 Å². The molecule has 12 heavy (non-hydrogen) atoms. The number of hydrogen-bond acceptors (Lipinski definition) is 1. The number of rotatable bonds is 1. The first-order valence-electron chi connectivity index (χ1n) is 4.13. The molecule has 0 spiro atoms. The molecule has 0 atom stereocenters. The lowest BCUT2D eigenvalue weighted by molar-refractivity contribution is 0.677. The minimum absolute atomic E-state index is 0.816. The molecule has 0 saturated carbocycles. The van der Waals surface area contributed by atoms with Gasteiger partial charge >= 0.3 is 0 Å². The van der Waals surface area contributed by atoms with Gasteiger partial charge in [-0.15, -0.1) is 0 Å². The van der Waals surface area contributed by atoms with Crippen LogP contribution in [-0.2, 0) is 9.93 Å². The average molecular weight is 180 g/mol. The van der Waals surface area contributed by atoms with Gasteiger partial charge in [0.15, 0.2) is 0 Å². The van der Waals surface area contributed by atoms with Gasteiger partial charge in [-0.3, -0.25) is 4.21 Å². The highest BCUT2D eigenvalue weighted by Crippen LogP contribution is 2.25. The third-order valence-corrected chi connectivity index (χ3v) is 4.95. The molecule has 1 aliphatic rings. The van der Waals surface area contributed by atoms with Gasteiger partial charge in [-0.1, -0.05) is 34.2 Å². The standard InChI is InChI=1S/C10H12OS/c11-12(8-4-5-9-12)10-6-2-1-3-7-10/h1-4,6-8,12H,5,9H2. The summed E-state index contributed by atoms with van der Waals surface area (Å²) in [4.78, 5) is 0.999. The van der Waals surface area contributed by atoms with Gasteiger partial charge in [-0.25, -0.2) is 0 Å². The summed E-state index contributed by atoms with van der Waals surface area (Å²) < 4.78 is 12.1. The molecule has 0 radical (unpaired) electrons. The molecule has 0 fully saturated rings. The van der Waals surface area contributed by atoms with Gasteiger partial charge in [-0.05, 0) is 24.0 Å². The molecule has 1 heterocycles. The summed E-state index contributed by atoms with van der Waals surface area (Å²) in [6, 6.07) is 9.75. The highest BCUT2D eigenvalue weighted by Gasteiger charge is 2.16. The van der Waals surface area contributed by atoms with Gasteiger partial charge in [0, 0.05) is 10.6 Å². The van der Waals surface area contributed by atoms with Gasteiger partial charge in [0.1, 0.15) is 0 Å². The van der Waals surface area contributed by atoms with Crippen molar-refractivity contribution in [2.24, 2.45) is 0 Å². The van der Waals surface area contributed by atoms with Crippen molar-refractivity contribution in [2.45, 2.75) is 11.3 Å². The Hall–Kier alpha value is -0.890. The molecule has 1 nitrogen and oxygen atoms in total. The fourth-order valence-corrected chi connectivity index (χ4v) is 3.76. The van der Waals surface area contributed by atoms with Crippen molar-refractivity contribution in [3.63, 3.8) is 0 Å². The van der Waals surface area contributed by atoms with E-state index in [1.54, 1.807) is 0 Å². The molecule has 1 aromatic rings. The van der Waals surface area contributed by atoms with Gasteiger partial charge in [0.2, 0.25) is 0 Å². The van der Waals surface area contributed by atoms with Crippen molar-refractivity contribution in [1.29, 1.82) is 0 Å². The fourth-order valence-electron chi connectivity index (χ4n) is 1.48. The summed E-state index contributed by atoms with van der Waals surface area (Å²) in [5, 5.41) is 1.89. The molecule has 0 aromatic heterocycles. The molecule has 0 unspecified atom stereocenters. The second-order valence-electron chi connectivity index (χ2n) is 3.03. The molecule has 1 aromatic carbocycles. The zero-order valence-corrected chi connectivity index (χ0v) is 7.71. The Kier molecular flexibility index (Phi) is 1.85. The lowest BCUT2D eigenvalue weighted by Crippen LogP contribution is -2.08. The molecule has 0 bridgehead atoms. The quantitative estimate of drug-likeness (QED) is 0.654. The number of allylic oxidation sites excluding steroid dienone is 1. The maximum absolute atomic E-state index is 12.1. The van der Waals surface area contributed by atoms with Crippen molar-refractivity contribution in [1.82, 2.24) is 0 Å². The van der Waals surface area contributed by atoms with Crippen LogP contribution in [0.5, 0.6) is 0 Å². The topological polar surface area (TPSA) is 17.1 Å². The zero-order chi connectivity index (χ0) is 8.44. The number of thiol groups is 1. The Labute approximate surface area is 73.5 Å². The monoisotopic (exact) mass is 180 g/mol. The van der Waals surface area contributed by atoms with E-state index in [1.807, 2.05) is 41.8 Å². The fraction of sp³-hybridized carbons (Fsp3) is 0.200. The molecule has 1 aliphatic heterocycles. The zero-order valence-electron chi connectivity index (χ0n) is 6.81. The maximum Gasteiger partial charge on any atom is 0.0182 e. The summed E-state index contributed by atoms with van der Waals surface area (Å²) in [6.45, 7) is 0. The van der Waals surface area contributed by atoms with Gasteiger partial charge in [0.25, 0.3) is 0 Å². The van der Waals surface area contributed by atoms with Crippen molar-refractivity contribution in [3.8, 4) is 0 Å². The average Bonchev–Trinajstić information content (AvgIpc) is 2.55. The van der Waals surface area contributed by atoms with Gasteiger partial charge in [0.05, 0.1) is 0 Å². The van der Waals surface area contributed by atoms with Crippen LogP contribution in [0.15, 0.2) is 46.7 Å². The second kappa shape index (κ2) is 2.87. The Morgan fingerprint density at radius 1 is 1.17 bits per heavy atom. The van der Waals surface area contributed by atoms with Crippen LogP contribution in [0.1, 0.15) is 6.42 Å². The molecule has 2 rings (SSSR count). The Morgan fingerprint density at radius 3 is 2.50 bits per heavy atom. The van der Waals surface area contributed by atoms with E-state index >= 15 is 0 Å². The van der Waals surface area contributed by atoms with Gasteiger partial charge in [-0.2, -0.15) is 0 Å². The maximum atomic E-state index is 12.1. The SMILES string of the molecule is O=[SH]1(c2ccccc2)C=CCC1. The smallest absolute Gasteiger partial charge is 0.0182 e. The molecule has 2 heteroatoms. The second-order valence-corrected chi connectivity index (χ2v) is 5.88. The van der Waals surface area contributed by atoms with E-state index in [2.05, 4.69) is 0 Å². The van der Waals surface area contributed by atoms with Crippen LogP contribution in [0.4, 0.5) is 0 Å². The van der Waals surface area contributed by atoms with E-state index in [4.69, 9.17) is 0 Å². The van der Waals surface area contributed by atoms with Crippen LogP contribution >= 0.6 is 0 Å². The third-order valence-electron chi connectivity index (χ3n) is 2.17. The normalized spacial score (nSPS) is 22.3. The molecular formula is C10H12OS. The van der Waals surface area contributed by atoms with Crippen LogP contribution in [-0.4, -0.2) is 9.96 Å². The predicted octanol–water partition coefficient (Wildman–Crippen LogP) is 1.98. The molecular weight excluding hydrogens is 168 g/mol. The predicted molar refractivity (Wildman–Crippen MR) is 52.9 cm³/mol. The van der Waals surface area contributed by atoms with E-state index in [0.29, 0.717) is 0 Å². The van der Waals surface area contributed by atoms with E-state index in [1.165, 1.54) is 0 Å². The molecule has 64 valence electrons. The lowest BCUT2D eigenvalue weighted by atomic mass is 10.4. The minimum atomic E-state index is -2.10. The number of hydrogen-bond donors (Lipinski definition) is 1. The third kappa shape index (κ3) is 1.23. The van der Waals surface area contributed by atoms with Crippen molar-refractivity contribution in [3.05, 3.63) is 41.8 Å². The summed E-state index contributed by atoms with van der Waals surface area (Å²) >= 11 is 0. The summed E-state index contributed by atoms with van der Waals surface area (Å²) in [6.07, 6.45) is 2.99. The van der Waals surface area contributed by atoms with E-state index < -0.39 is 9.93 Å². The van der Waals surface area contributed by atoms with Crippen LogP contribution < -0.4 is 0 Å². The van der Waals surface area contributed by atoms with Crippen molar-refractivity contribution >= 4 is 9.93 Å². The van der Waals surface area contributed by atoms with Crippen LogP contribution in [0.3, 0.4) is 0 Å². The van der Waals surface area contributed by atoms with Crippen LogP contribution in [0.25, 0.3) is 0 Å². The largest absolute Gasteiger partial charge is 0.276 e. The highest BCUT2D eigenvalue weighted by molar-refractivity contribution is 8.06. The Morgan fingerprint density at radius 2 is 1.92 bits per heavy atom. The summed E-state index contributed by atoms with van der Waals surface area (Å²) in [7, 11) is -2.10. The van der Waals surface area contributed by atoms with E-state index in [0.717, 1.165) is 17.1 Å². The van der Waals surface area contributed by atoms with E-state index in [9.17, 15) is 4.21 Å². The van der Waals surface area contributed by atoms with Crippen LogP contribution in [0, 0.1) is 0 Å². The molecule has 0 N–H and O–H groups in total. The summed E-state index contributed by atoms with van der Waals surface area (Å²) in [5.41, 5.74) is 0. The molecule has 0 aliphatic carbocycles. The summed E-state index contributed by atoms with van der Waals surface area (Å²) in [5.74, 6) is 0.816. The lowest BCUT2D eigenvalue weighted by Gasteiger charge is -2.14. The first kappa shape index (κ1) is 7.74. The molecule has 0 amide bonds. The minimum Gasteiger partial charge on any atom is -0.276 e. The van der Waals surface area contributed by atoms with Gasteiger partial charge < -0.3 is 0 Å². The number of benzene rings is 1. The van der Waals surface area contributed by atoms with Crippen LogP contribution in [0.2, 0.25) is 0 Å².